The zero-order valence-corrected chi connectivity index (χ0v) is 12.8. The Morgan fingerprint density at radius 3 is 3.05 bits per heavy atom. The van der Waals surface area contributed by atoms with E-state index in [0.717, 1.165) is 31.9 Å². The van der Waals surface area contributed by atoms with Crippen molar-refractivity contribution in [2.24, 2.45) is 5.92 Å². The molecule has 5 nitrogen and oxygen atoms in total. The van der Waals surface area contributed by atoms with Crippen molar-refractivity contribution >= 4 is 11.7 Å². The molecule has 2 unspecified atom stereocenters. The summed E-state index contributed by atoms with van der Waals surface area (Å²) in [5.74, 6) is 0.441. The predicted molar refractivity (Wildman–Crippen MR) is 84.5 cm³/mol. The monoisotopic (exact) mass is 291 g/mol. The topological polar surface area (TPSA) is 62.4 Å². The third kappa shape index (κ3) is 5.02. The second kappa shape index (κ2) is 8.00. The summed E-state index contributed by atoms with van der Waals surface area (Å²) in [6.07, 6.45) is 1.02. The number of carbonyl (C=O) groups is 1. The minimum Gasteiger partial charge on any atom is -0.381 e. The van der Waals surface area contributed by atoms with Gasteiger partial charge >= 0.3 is 6.03 Å². The van der Waals surface area contributed by atoms with Crippen LogP contribution in [-0.4, -0.2) is 32.3 Å². The van der Waals surface area contributed by atoms with E-state index in [2.05, 4.69) is 35.9 Å². The van der Waals surface area contributed by atoms with Gasteiger partial charge in [0.1, 0.15) is 0 Å². The molecule has 2 amide bonds. The van der Waals surface area contributed by atoms with E-state index >= 15 is 0 Å². The van der Waals surface area contributed by atoms with E-state index in [9.17, 15) is 4.79 Å². The van der Waals surface area contributed by atoms with Gasteiger partial charge in [0, 0.05) is 30.8 Å². The molecule has 3 N–H and O–H groups in total. The van der Waals surface area contributed by atoms with Crippen LogP contribution in [0.1, 0.15) is 31.9 Å². The van der Waals surface area contributed by atoms with E-state index in [1.807, 2.05) is 18.2 Å². The number of amides is 2. The summed E-state index contributed by atoms with van der Waals surface area (Å²) in [7, 11) is 0. The van der Waals surface area contributed by atoms with Crippen LogP contribution in [0.4, 0.5) is 10.5 Å². The van der Waals surface area contributed by atoms with E-state index in [1.165, 1.54) is 5.56 Å². The van der Waals surface area contributed by atoms with Gasteiger partial charge in [-0.15, -0.1) is 0 Å². The number of nitrogens with one attached hydrogen (secondary N) is 3. The van der Waals surface area contributed by atoms with Crippen LogP contribution in [0, 0.1) is 5.92 Å². The van der Waals surface area contributed by atoms with Gasteiger partial charge in [-0.05, 0) is 37.6 Å². The standard InChI is InChI=1S/C16H25N3O2/c1-3-17-12(2)14-5-4-6-15(9-14)19-16(20)18-10-13-7-8-21-11-13/h4-6,9,12-13,17H,3,7-8,10-11H2,1-2H3,(H2,18,19,20). The van der Waals surface area contributed by atoms with Crippen molar-refractivity contribution in [3.05, 3.63) is 29.8 Å². The Morgan fingerprint density at radius 1 is 1.48 bits per heavy atom. The first-order valence-electron chi connectivity index (χ1n) is 7.65. The van der Waals surface area contributed by atoms with Gasteiger partial charge in [-0.2, -0.15) is 0 Å². The summed E-state index contributed by atoms with van der Waals surface area (Å²) in [6.45, 7) is 7.33. The van der Waals surface area contributed by atoms with Crippen molar-refractivity contribution in [3.63, 3.8) is 0 Å². The lowest BCUT2D eigenvalue weighted by atomic mass is 10.1. The summed E-state index contributed by atoms with van der Waals surface area (Å²) in [4.78, 5) is 11.9. The zero-order valence-electron chi connectivity index (χ0n) is 12.8. The molecule has 2 rings (SSSR count). The normalized spacial score (nSPS) is 19.2. The highest BCUT2D eigenvalue weighted by atomic mass is 16.5. The molecular weight excluding hydrogens is 266 g/mol. The minimum absolute atomic E-state index is 0.157. The van der Waals surface area contributed by atoms with Gasteiger partial charge in [0.15, 0.2) is 0 Å². The maximum absolute atomic E-state index is 11.9. The van der Waals surface area contributed by atoms with Gasteiger partial charge in [-0.25, -0.2) is 4.79 Å². The van der Waals surface area contributed by atoms with E-state index in [-0.39, 0.29) is 12.1 Å². The van der Waals surface area contributed by atoms with Crippen LogP contribution >= 0.6 is 0 Å². The number of anilines is 1. The summed E-state index contributed by atoms with van der Waals surface area (Å²) in [6, 6.07) is 8.05. The Kier molecular flexibility index (Phi) is 6.02. The first kappa shape index (κ1) is 15.8. The van der Waals surface area contributed by atoms with E-state index < -0.39 is 0 Å². The fourth-order valence-electron chi connectivity index (χ4n) is 2.47. The number of hydrogen-bond donors (Lipinski definition) is 3. The van der Waals surface area contributed by atoms with Crippen molar-refractivity contribution < 1.29 is 9.53 Å². The lowest BCUT2D eigenvalue weighted by Crippen LogP contribution is -2.33. The van der Waals surface area contributed by atoms with Crippen molar-refractivity contribution in [1.29, 1.82) is 0 Å². The average Bonchev–Trinajstić information content (AvgIpc) is 2.99. The van der Waals surface area contributed by atoms with Gasteiger partial charge in [-0.1, -0.05) is 19.1 Å². The molecule has 0 saturated carbocycles. The minimum atomic E-state index is -0.157. The molecular formula is C16H25N3O2. The van der Waals surface area contributed by atoms with E-state index in [0.29, 0.717) is 12.5 Å². The zero-order chi connectivity index (χ0) is 15.1. The average molecular weight is 291 g/mol. The van der Waals surface area contributed by atoms with Gasteiger partial charge < -0.3 is 20.7 Å². The summed E-state index contributed by atoms with van der Waals surface area (Å²) >= 11 is 0. The number of benzene rings is 1. The second-order valence-electron chi connectivity index (χ2n) is 5.47. The van der Waals surface area contributed by atoms with Crippen LogP contribution in [0.3, 0.4) is 0 Å². The summed E-state index contributed by atoms with van der Waals surface area (Å²) < 4.78 is 5.29. The largest absolute Gasteiger partial charge is 0.381 e. The van der Waals surface area contributed by atoms with Gasteiger partial charge in [-0.3, -0.25) is 0 Å². The Balaban J connectivity index is 1.83. The number of urea groups is 1. The Bertz CT molecular complexity index is 459. The van der Waals surface area contributed by atoms with Crippen LogP contribution in [0.25, 0.3) is 0 Å². The molecule has 0 spiro atoms. The first-order valence-corrected chi connectivity index (χ1v) is 7.65. The molecule has 0 bridgehead atoms. The number of carbonyl (C=O) groups excluding carboxylic acids is 1. The van der Waals surface area contributed by atoms with E-state index in [4.69, 9.17) is 4.74 Å². The molecule has 21 heavy (non-hydrogen) atoms. The molecule has 0 radical (unpaired) electrons. The molecule has 1 aliphatic heterocycles. The molecule has 5 heteroatoms. The third-order valence-electron chi connectivity index (χ3n) is 3.73. The predicted octanol–water partition coefficient (Wildman–Crippen LogP) is 2.52. The highest BCUT2D eigenvalue weighted by Gasteiger charge is 2.16. The van der Waals surface area contributed by atoms with Crippen LogP contribution in [0.15, 0.2) is 24.3 Å². The number of rotatable bonds is 6. The Morgan fingerprint density at radius 2 is 2.33 bits per heavy atom. The second-order valence-corrected chi connectivity index (χ2v) is 5.47. The Hall–Kier alpha value is -1.59. The summed E-state index contributed by atoms with van der Waals surface area (Å²) in [5, 5.41) is 9.15. The molecule has 1 aromatic carbocycles. The fourth-order valence-corrected chi connectivity index (χ4v) is 2.47. The molecule has 2 atom stereocenters. The number of hydrogen-bond acceptors (Lipinski definition) is 3. The maximum atomic E-state index is 11.9. The van der Waals surface area contributed by atoms with Crippen LogP contribution in [-0.2, 0) is 4.74 Å². The van der Waals surface area contributed by atoms with Gasteiger partial charge in [0.25, 0.3) is 0 Å². The molecule has 1 saturated heterocycles. The third-order valence-corrected chi connectivity index (χ3v) is 3.73. The van der Waals surface area contributed by atoms with Crippen molar-refractivity contribution in [2.45, 2.75) is 26.3 Å². The molecule has 0 aromatic heterocycles. The molecule has 1 aliphatic rings. The van der Waals surface area contributed by atoms with Crippen LogP contribution < -0.4 is 16.0 Å². The molecule has 1 heterocycles. The van der Waals surface area contributed by atoms with Gasteiger partial charge in [0.2, 0.25) is 0 Å². The highest BCUT2D eigenvalue weighted by Crippen LogP contribution is 2.17. The van der Waals surface area contributed by atoms with Gasteiger partial charge in [0.05, 0.1) is 6.61 Å². The molecule has 1 aromatic rings. The smallest absolute Gasteiger partial charge is 0.319 e. The maximum Gasteiger partial charge on any atom is 0.319 e. The van der Waals surface area contributed by atoms with Crippen LogP contribution in [0.2, 0.25) is 0 Å². The molecule has 116 valence electrons. The van der Waals surface area contributed by atoms with Crippen molar-refractivity contribution in [2.75, 3.05) is 31.6 Å². The van der Waals surface area contributed by atoms with Crippen molar-refractivity contribution in [3.8, 4) is 0 Å². The van der Waals surface area contributed by atoms with Crippen molar-refractivity contribution in [1.82, 2.24) is 10.6 Å². The summed E-state index contributed by atoms with van der Waals surface area (Å²) in [5.41, 5.74) is 1.98. The molecule has 1 fully saturated rings. The lowest BCUT2D eigenvalue weighted by molar-refractivity contribution is 0.185. The van der Waals surface area contributed by atoms with Crippen LogP contribution in [0.5, 0.6) is 0 Å². The lowest BCUT2D eigenvalue weighted by Gasteiger charge is -2.15. The molecule has 0 aliphatic carbocycles. The Labute approximate surface area is 126 Å². The fraction of sp³-hybridized carbons (Fsp3) is 0.562. The first-order chi connectivity index (χ1) is 10.2. The van der Waals surface area contributed by atoms with E-state index in [1.54, 1.807) is 0 Å². The number of ether oxygens (including phenoxy) is 1. The highest BCUT2D eigenvalue weighted by molar-refractivity contribution is 5.89. The SMILES string of the molecule is CCNC(C)c1cccc(NC(=O)NCC2CCOC2)c1. The quantitative estimate of drug-likeness (QED) is 0.754.